The third kappa shape index (κ3) is 4.62. The van der Waals surface area contributed by atoms with Crippen LogP contribution in [0.25, 0.3) is 11.1 Å². The first-order valence-electron chi connectivity index (χ1n) is 9.68. The first-order valence-corrected chi connectivity index (χ1v) is 10.6. The third-order valence-electron chi connectivity index (χ3n) is 4.74. The molecule has 10 nitrogen and oxygen atoms in total. The molecule has 0 atom stereocenters. The van der Waals surface area contributed by atoms with Crippen molar-refractivity contribution in [3.8, 4) is 16.9 Å². The Hall–Kier alpha value is -3.73. The zero-order chi connectivity index (χ0) is 23.4. The van der Waals surface area contributed by atoms with Crippen LogP contribution in [0.5, 0.6) is 5.75 Å². The Labute approximate surface area is 187 Å². The summed E-state index contributed by atoms with van der Waals surface area (Å²) >= 11 is 1.19. The van der Waals surface area contributed by atoms with Crippen molar-refractivity contribution in [2.45, 2.75) is 27.3 Å². The van der Waals surface area contributed by atoms with Crippen LogP contribution in [0.3, 0.4) is 0 Å². The molecule has 0 fully saturated rings. The van der Waals surface area contributed by atoms with Gasteiger partial charge in [-0.25, -0.2) is 4.79 Å². The fourth-order valence-electron chi connectivity index (χ4n) is 3.25. The molecular formula is C21H22N4O6S. The predicted octanol–water partition coefficient (Wildman–Crippen LogP) is 3.96. The molecule has 3 rings (SSSR count). The number of esters is 1. The Kier molecular flexibility index (Phi) is 6.89. The SMILES string of the molecule is CCOC(=O)c1c(-c2ccc(OC)cc2)csc1NC(=O)Cn1nc(C)c([N+](=O)[O-])c1C. The Morgan fingerprint density at radius 1 is 1.25 bits per heavy atom. The van der Waals surface area contributed by atoms with Crippen molar-refractivity contribution in [1.29, 1.82) is 0 Å². The number of nitrogens with zero attached hydrogens (tertiary/aromatic N) is 3. The molecule has 0 saturated carbocycles. The lowest BCUT2D eigenvalue weighted by Crippen LogP contribution is -2.21. The molecule has 1 aromatic carbocycles. The number of ether oxygens (including phenoxy) is 2. The summed E-state index contributed by atoms with van der Waals surface area (Å²) in [6, 6.07) is 7.17. The van der Waals surface area contributed by atoms with E-state index in [9.17, 15) is 19.7 Å². The van der Waals surface area contributed by atoms with E-state index in [1.54, 1.807) is 31.5 Å². The molecule has 0 radical (unpaired) electrons. The van der Waals surface area contributed by atoms with Crippen molar-refractivity contribution in [1.82, 2.24) is 9.78 Å². The number of carbonyl (C=O) groups excluding carboxylic acids is 2. The van der Waals surface area contributed by atoms with Gasteiger partial charge >= 0.3 is 11.7 Å². The van der Waals surface area contributed by atoms with Gasteiger partial charge in [-0.15, -0.1) is 11.3 Å². The van der Waals surface area contributed by atoms with E-state index in [0.29, 0.717) is 16.3 Å². The lowest BCUT2D eigenvalue weighted by molar-refractivity contribution is -0.386. The third-order valence-corrected chi connectivity index (χ3v) is 5.64. The number of aromatic nitrogens is 2. The van der Waals surface area contributed by atoms with E-state index in [0.717, 1.165) is 5.56 Å². The van der Waals surface area contributed by atoms with E-state index in [4.69, 9.17) is 9.47 Å². The summed E-state index contributed by atoms with van der Waals surface area (Å²) in [4.78, 5) is 36.0. The second-order valence-corrected chi connectivity index (χ2v) is 7.66. The topological polar surface area (TPSA) is 126 Å². The lowest BCUT2D eigenvalue weighted by atomic mass is 10.0. The van der Waals surface area contributed by atoms with E-state index < -0.39 is 16.8 Å². The van der Waals surface area contributed by atoms with Crippen LogP contribution in [0.2, 0.25) is 0 Å². The smallest absolute Gasteiger partial charge is 0.341 e. The predicted molar refractivity (Wildman–Crippen MR) is 119 cm³/mol. The molecule has 1 N–H and O–H groups in total. The van der Waals surface area contributed by atoms with E-state index in [1.807, 2.05) is 12.1 Å². The van der Waals surface area contributed by atoms with Crippen molar-refractivity contribution < 1.29 is 24.0 Å². The summed E-state index contributed by atoms with van der Waals surface area (Å²) in [6.45, 7) is 4.69. The average Bonchev–Trinajstić information content (AvgIpc) is 3.28. The van der Waals surface area contributed by atoms with Gasteiger partial charge in [-0.05, 0) is 38.5 Å². The van der Waals surface area contributed by atoms with Gasteiger partial charge < -0.3 is 14.8 Å². The van der Waals surface area contributed by atoms with Crippen molar-refractivity contribution in [2.75, 3.05) is 19.0 Å². The van der Waals surface area contributed by atoms with Gasteiger partial charge in [0.05, 0.1) is 18.6 Å². The van der Waals surface area contributed by atoms with E-state index in [2.05, 4.69) is 10.4 Å². The van der Waals surface area contributed by atoms with Gasteiger partial charge in [0.25, 0.3) is 0 Å². The number of nitro groups is 1. The maximum atomic E-state index is 12.7. The second-order valence-electron chi connectivity index (χ2n) is 6.78. The van der Waals surface area contributed by atoms with E-state index in [1.165, 1.54) is 29.9 Å². The molecule has 0 spiro atoms. The molecular weight excluding hydrogens is 436 g/mol. The molecule has 0 saturated heterocycles. The standard InChI is InChI=1S/C21H22N4O6S/c1-5-31-21(27)18-16(14-6-8-15(30-4)9-7-14)11-32-20(18)22-17(26)10-24-13(3)19(25(28)29)12(2)23-24/h6-9,11H,5,10H2,1-4H3,(H,22,26). The van der Waals surface area contributed by atoms with Crippen LogP contribution in [-0.4, -0.2) is 40.3 Å². The Morgan fingerprint density at radius 2 is 1.94 bits per heavy atom. The van der Waals surface area contributed by atoms with Crippen LogP contribution < -0.4 is 10.1 Å². The van der Waals surface area contributed by atoms with Crippen molar-refractivity contribution in [3.63, 3.8) is 0 Å². The first kappa shape index (κ1) is 22.9. The molecule has 0 bridgehead atoms. The van der Waals surface area contributed by atoms with Gasteiger partial charge in [0, 0.05) is 10.9 Å². The van der Waals surface area contributed by atoms with E-state index in [-0.39, 0.29) is 35.8 Å². The monoisotopic (exact) mass is 458 g/mol. The zero-order valence-corrected chi connectivity index (χ0v) is 18.8. The maximum absolute atomic E-state index is 12.7. The summed E-state index contributed by atoms with van der Waals surface area (Å²) in [5.41, 5.74) is 2.01. The summed E-state index contributed by atoms with van der Waals surface area (Å²) in [5.74, 6) is -0.357. The number of aryl methyl sites for hydroxylation is 1. The highest BCUT2D eigenvalue weighted by Gasteiger charge is 2.25. The number of nitrogens with one attached hydrogen (secondary N) is 1. The highest BCUT2D eigenvalue weighted by atomic mass is 32.1. The normalized spacial score (nSPS) is 10.6. The Bertz CT molecular complexity index is 1170. The molecule has 1 amide bonds. The molecule has 0 aliphatic heterocycles. The minimum atomic E-state index is -0.559. The highest BCUT2D eigenvalue weighted by Crippen LogP contribution is 2.37. The van der Waals surface area contributed by atoms with Gasteiger partial charge in [-0.1, -0.05) is 12.1 Å². The van der Waals surface area contributed by atoms with Crippen LogP contribution in [0.1, 0.15) is 28.7 Å². The number of benzene rings is 1. The number of thiophene rings is 1. The highest BCUT2D eigenvalue weighted by molar-refractivity contribution is 7.15. The maximum Gasteiger partial charge on any atom is 0.341 e. The minimum Gasteiger partial charge on any atom is -0.497 e. The summed E-state index contributed by atoms with van der Waals surface area (Å²) < 4.78 is 11.6. The fraction of sp³-hybridized carbons (Fsp3) is 0.286. The van der Waals surface area contributed by atoms with Gasteiger partial charge in [-0.2, -0.15) is 5.10 Å². The van der Waals surface area contributed by atoms with Crippen LogP contribution in [0.4, 0.5) is 10.7 Å². The van der Waals surface area contributed by atoms with Crippen molar-refractivity contribution in [3.05, 3.63) is 56.7 Å². The second kappa shape index (κ2) is 9.60. The minimum absolute atomic E-state index is 0.122. The molecule has 32 heavy (non-hydrogen) atoms. The Morgan fingerprint density at radius 3 is 2.50 bits per heavy atom. The molecule has 11 heteroatoms. The first-order chi connectivity index (χ1) is 15.3. The molecule has 0 aliphatic carbocycles. The fourth-order valence-corrected chi connectivity index (χ4v) is 4.22. The van der Waals surface area contributed by atoms with Gasteiger partial charge in [0.2, 0.25) is 5.91 Å². The number of hydrogen-bond acceptors (Lipinski definition) is 8. The Balaban J connectivity index is 1.89. The molecule has 2 heterocycles. The number of hydrogen-bond donors (Lipinski definition) is 1. The van der Waals surface area contributed by atoms with Gasteiger partial charge in [-0.3, -0.25) is 19.6 Å². The van der Waals surface area contributed by atoms with Crippen molar-refractivity contribution >= 4 is 33.9 Å². The van der Waals surface area contributed by atoms with Crippen LogP contribution in [0, 0.1) is 24.0 Å². The largest absolute Gasteiger partial charge is 0.497 e. The summed E-state index contributed by atoms with van der Waals surface area (Å²) in [6.07, 6.45) is 0. The van der Waals surface area contributed by atoms with Crippen molar-refractivity contribution in [2.24, 2.45) is 0 Å². The quantitative estimate of drug-likeness (QED) is 0.308. The lowest BCUT2D eigenvalue weighted by Gasteiger charge is -2.10. The average molecular weight is 458 g/mol. The molecule has 0 aliphatic rings. The zero-order valence-electron chi connectivity index (χ0n) is 18.0. The molecule has 3 aromatic rings. The van der Waals surface area contributed by atoms with Crippen LogP contribution in [0.15, 0.2) is 29.6 Å². The summed E-state index contributed by atoms with van der Waals surface area (Å²) in [5, 5.41) is 20.1. The van der Waals surface area contributed by atoms with Crippen LogP contribution >= 0.6 is 11.3 Å². The van der Waals surface area contributed by atoms with Gasteiger partial charge in [0.15, 0.2) is 0 Å². The number of amides is 1. The number of carbonyl (C=O) groups is 2. The molecule has 168 valence electrons. The number of methoxy groups -OCH3 is 1. The van der Waals surface area contributed by atoms with E-state index >= 15 is 0 Å². The number of anilines is 1. The van der Waals surface area contributed by atoms with Crippen LogP contribution in [-0.2, 0) is 16.1 Å². The summed E-state index contributed by atoms with van der Waals surface area (Å²) in [7, 11) is 1.56. The van der Waals surface area contributed by atoms with Gasteiger partial charge in [0.1, 0.15) is 34.2 Å². The molecule has 0 unspecified atom stereocenters. The molecule has 2 aromatic heterocycles. The number of rotatable bonds is 8.